The Hall–Kier alpha value is -2.27. The van der Waals surface area contributed by atoms with Crippen molar-refractivity contribution in [2.24, 2.45) is 0 Å². The molecule has 1 aromatic heterocycles. The van der Waals surface area contributed by atoms with Gasteiger partial charge in [-0.25, -0.2) is 14.4 Å². The average molecular weight is 338 g/mol. The van der Waals surface area contributed by atoms with Crippen LogP contribution < -0.4 is 0 Å². The molecule has 0 saturated heterocycles. The lowest BCUT2D eigenvalue weighted by molar-refractivity contribution is 0.102. The highest BCUT2D eigenvalue weighted by Gasteiger charge is 2.27. The smallest absolute Gasteiger partial charge is 0.173 e. The quantitative estimate of drug-likeness (QED) is 0.387. The Morgan fingerprint density at radius 3 is 2.58 bits per heavy atom. The Bertz CT molecular complexity index is 907. The largest absolute Gasteiger partial charge is 0.293 e. The molecule has 120 valence electrons. The van der Waals surface area contributed by atoms with Crippen molar-refractivity contribution in [2.75, 3.05) is 5.75 Å². The first-order valence-corrected chi connectivity index (χ1v) is 8.87. The second-order valence-electron chi connectivity index (χ2n) is 5.90. The molecule has 5 heteroatoms. The minimum atomic E-state index is -0.338. The summed E-state index contributed by atoms with van der Waals surface area (Å²) in [5.41, 5.74) is 1.44. The summed E-state index contributed by atoms with van der Waals surface area (Å²) in [7, 11) is 0. The first-order chi connectivity index (χ1) is 11.7. The molecule has 4 rings (SSSR count). The molecule has 24 heavy (non-hydrogen) atoms. The topological polar surface area (TPSA) is 42.9 Å². The lowest BCUT2D eigenvalue weighted by atomic mass is 10.1. The number of fused-ring (bicyclic) bond motifs is 1. The predicted octanol–water partition coefficient (Wildman–Crippen LogP) is 4.62. The van der Waals surface area contributed by atoms with Crippen molar-refractivity contribution in [3.05, 3.63) is 65.7 Å². The van der Waals surface area contributed by atoms with Gasteiger partial charge in [0.25, 0.3) is 0 Å². The molecule has 1 fully saturated rings. The maximum atomic E-state index is 13.0. The van der Waals surface area contributed by atoms with Crippen molar-refractivity contribution < 1.29 is 9.18 Å². The third kappa shape index (κ3) is 3.17. The van der Waals surface area contributed by atoms with E-state index in [-0.39, 0.29) is 17.4 Å². The van der Waals surface area contributed by atoms with Crippen LogP contribution >= 0.6 is 11.8 Å². The molecule has 3 aromatic rings. The van der Waals surface area contributed by atoms with E-state index in [1.54, 1.807) is 0 Å². The van der Waals surface area contributed by atoms with Crippen LogP contribution in [0.25, 0.3) is 10.9 Å². The van der Waals surface area contributed by atoms with Crippen LogP contribution in [0.4, 0.5) is 4.39 Å². The summed E-state index contributed by atoms with van der Waals surface area (Å²) in [5, 5.41) is 1.82. The van der Waals surface area contributed by atoms with Gasteiger partial charge in [-0.2, -0.15) is 0 Å². The van der Waals surface area contributed by atoms with Crippen LogP contribution in [-0.2, 0) is 0 Å². The van der Waals surface area contributed by atoms with Gasteiger partial charge in [0.2, 0.25) is 0 Å². The number of aromatic nitrogens is 2. The lowest BCUT2D eigenvalue weighted by Crippen LogP contribution is -2.04. The molecule has 1 saturated carbocycles. The van der Waals surface area contributed by atoms with Crippen LogP contribution in [0.3, 0.4) is 0 Å². The fourth-order valence-electron chi connectivity index (χ4n) is 2.55. The van der Waals surface area contributed by atoms with Gasteiger partial charge in [0.05, 0.1) is 11.3 Å². The summed E-state index contributed by atoms with van der Waals surface area (Å²) in [4.78, 5) is 21.6. The molecule has 1 aliphatic rings. The van der Waals surface area contributed by atoms with Crippen LogP contribution in [0.15, 0.2) is 53.6 Å². The number of carbonyl (C=O) groups is 1. The number of para-hydroxylation sites is 1. The first kappa shape index (κ1) is 15.3. The highest BCUT2D eigenvalue weighted by molar-refractivity contribution is 8.00. The van der Waals surface area contributed by atoms with E-state index in [4.69, 9.17) is 0 Å². The fraction of sp³-hybridized carbons (Fsp3) is 0.211. The van der Waals surface area contributed by atoms with E-state index in [0.29, 0.717) is 11.5 Å². The number of halogens is 1. The zero-order valence-electron chi connectivity index (χ0n) is 12.9. The van der Waals surface area contributed by atoms with Gasteiger partial charge in [-0.3, -0.25) is 4.79 Å². The molecule has 2 aromatic carbocycles. The summed E-state index contributed by atoms with van der Waals surface area (Å²) in [6.07, 6.45) is 2.27. The molecular weight excluding hydrogens is 323 g/mol. The molecule has 0 amide bonds. The number of nitrogens with zero attached hydrogens (tertiary/aromatic N) is 2. The molecule has 0 atom stereocenters. The molecule has 1 aliphatic carbocycles. The fourth-order valence-corrected chi connectivity index (χ4v) is 3.47. The van der Waals surface area contributed by atoms with E-state index < -0.39 is 0 Å². The number of benzene rings is 2. The van der Waals surface area contributed by atoms with E-state index in [0.717, 1.165) is 34.6 Å². The summed E-state index contributed by atoms with van der Waals surface area (Å²) in [6.45, 7) is 0. The SMILES string of the molecule is O=C(CSc1nc(C2CC2)nc2ccccc12)c1ccc(F)cc1. The molecule has 0 radical (unpaired) electrons. The monoisotopic (exact) mass is 338 g/mol. The second kappa shape index (κ2) is 6.32. The molecule has 0 unspecified atom stereocenters. The maximum Gasteiger partial charge on any atom is 0.173 e. The van der Waals surface area contributed by atoms with Gasteiger partial charge in [0, 0.05) is 16.9 Å². The van der Waals surface area contributed by atoms with Crippen molar-refractivity contribution in [1.29, 1.82) is 0 Å². The van der Waals surface area contributed by atoms with Gasteiger partial charge < -0.3 is 0 Å². The Morgan fingerprint density at radius 1 is 1.08 bits per heavy atom. The first-order valence-electron chi connectivity index (χ1n) is 7.89. The Labute approximate surface area is 143 Å². The number of rotatable bonds is 5. The van der Waals surface area contributed by atoms with E-state index in [1.165, 1.54) is 36.0 Å². The average Bonchev–Trinajstić information content (AvgIpc) is 3.45. The number of ketones is 1. The highest BCUT2D eigenvalue weighted by Crippen LogP contribution is 2.39. The Balaban J connectivity index is 1.59. The molecule has 0 aliphatic heterocycles. The second-order valence-corrected chi connectivity index (χ2v) is 6.86. The Morgan fingerprint density at radius 2 is 1.83 bits per heavy atom. The van der Waals surface area contributed by atoms with Gasteiger partial charge in [0.15, 0.2) is 5.78 Å². The number of carbonyl (C=O) groups excluding carboxylic acids is 1. The van der Waals surface area contributed by atoms with Crippen LogP contribution in [0.1, 0.15) is 34.9 Å². The van der Waals surface area contributed by atoms with Crippen molar-refractivity contribution in [2.45, 2.75) is 23.8 Å². The third-order valence-corrected chi connectivity index (χ3v) is 5.03. The van der Waals surface area contributed by atoms with Crippen LogP contribution in [0, 0.1) is 5.82 Å². The van der Waals surface area contributed by atoms with Crippen molar-refractivity contribution in [3.8, 4) is 0 Å². The highest BCUT2D eigenvalue weighted by atomic mass is 32.2. The number of hydrogen-bond acceptors (Lipinski definition) is 4. The number of thioether (sulfide) groups is 1. The van der Waals surface area contributed by atoms with E-state index in [2.05, 4.69) is 9.97 Å². The van der Waals surface area contributed by atoms with Gasteiger partial charge in [-0.1, -0.05) is 30.0 Å². The lowest BCUT2D eigenvalue weighted by Gasteiger charge is -2.08. The zero-order chi connectivity index (χ0) is 16.5. The summed E-state index contributed by atoms with van der Waals surface area (Å²) < 4.78 is 13.0. The summed E-state index contributed by atoms with van der Waals surface area (Å²) in [5.74, 6) is 1.24. The minimum absolute atomic E-state index is 0.0318. The standard InChI is InChI=1S/C19H15FN2OS/c20-14-9-7-12(8-10-14)17(23)11-24-19-15-3-1-2-4-16(15)21-18(22-19)13-5-6-13/h1-4,7-10,13H,5-6,11H2. The van der Waals surface area contributed by atoms with Crippen molar-refractivity contribution >= 4 is 28.4 Å². The maximum absolute atomic E-state index is 13.0. The van der Waals surface area contributed by atoms with Crippen LogP contribution in [0.2, 0.25) is 0 Å². The minimum Gasteiger partial charge on any atom is -0.293 e. The third-order valence-electron chi connectivity index (χ3n) is 4.03. The molecular formula is C19H15FN2OS. The van der Waals surface area contributed by atoms with Gasteiger partial charge in [-0.05, 0) is 43.2 Å². The zero-order valence-corrected chi connectivity index (χ0v) is 13.7. The molecule has 0 spiro atoms. The molecule has 0 bridgehead atoms. The van der Waals surface area contributed by atoms with Gasteiger partial charge in [-0.15, -0.1) is 0 Å². The number of hydrogen-bond donors (Lipinski definition) is 0. The summed E-state index contributed by atoms with van der Waals surface area (Å²) >= 11 is 1.42. The van der Waals surface area contributed by atoms with Crippen molar-refractivity contribution in [3.63, 3.8) is 0 Å². The van der Waals surface area contributed by atoms with Crippen LogP contribution in [-0.4, -0.2) is 21.5 Å². The molecule has 0 N–H and O–H groups in total. The van der Waals surface area contributed by atoms with E-state index in [9.17, 15) is 9.18 Å². The van der Waals surface area contributed by atoms with Gasteiger partial charge >= 0.3 is 0 Å². The predicted molar refractivity (Wildman–Crippen MR) is 93.0 cm³/mol. The molecule has 3 nitrogen and oxygen atoms in total. The Kier molecular flexibility index (Phi) is 4.02. The van der Waals surface area contributed by atoms with Crippen molar-refractivity contribution in [1.82, 2.24) is 9.97 Å². The number of Topliss-reactive ketones (excluding diaryl/α,β-unsaturated/α-hetero) is 1. The normalized spacial score (nSPS) is 14.0. The van der Waals surface area contributed by atoms with Gasteiger partial charge in [0.1, 0.15) is 16.7 Å². The van der Waals surface area contributed by atoms with Crippen LogP contribution in [0.5, 0.6) is 0 Å². The summed E-state index contributed by atoms with van der Waals surface area (Å²) in [6, 6.07) is 13.5. The van der Waals surface area contributed by atoms with E-state index >= 15 is 0 Å². The molecule has 1 heterocycles. The van der Waals surface area contributed by atoms with E-state index in [1.807, 2.05) is 24.3 Å².